The molecule has 1 aromatic rings. The average Bonchev–Trinajstić information content (AvgIpc) is 2.62. The van der Waals surface area contributed by atoms with Crippen LogP contribution in [0.25, 0.3) is 0 Å². The molecule has 132 valence electrons. The van der Waals surface area contributed by atoms with Crippen LogP contribution in [0.15, 0.2) is 29.3 Å². The monoisotopic (exact) mass is 330 g/mol. The van der Waals surface area contributed by atoms with Gasteiger partial charge in [0, 0.05) is 38.8 Å². The van der Waals surface area contributed by atoms with Gasteiger partial charge in [0.1, 0.15) is 0 Å². The van der Waals surface area contributed by atoms with Gasteiger partial charge in [0.15, 0.2) is 5.96 Å². The van der Waals surface area contributed by atoms with Crippen molar-refractivity contribution in [1.29, 1.82) is 0 Å². The number of carbonyl (C=O) groups excluding carboxylic acids is 1. The Morgan fingerprint density at radius 3 is 2.71 bits per heavy atom. The first-order valence-corrected chi connectivity index (χ1v) is 8.96. The number of nitrogens with zero attached hydrogens (tertiary/aromatic N) is 2. The number of aliphatic imine (C=N–C) groups is 1. The molecule has 1 aromatic carbocycles. The summed E-state index contributed by atoms with van der Waals surface area (Å²) in [6, 6.07) is 7.78. The second-order valence-corrected chi connectivity index (χ2v) is 6.53. The van der Waals surface area contributed by atoms with Crippen molar-refractivity contribution in [1.82, 2.24) is 15.5 Å². The molecule has 1 aliphatic rings. The molecule has 0 unspecified atom stereocenters. The summed E-state index contributed by atoms with van der Waals surface area (Å²) in [7, 11) is 1.83. The summed E-state index contributed by atoms with van der Waals surface area (Å²) in [6.45, 7) is 7.85. The van der Waals surface area contributed by atoms with Crippen molar-refractivity contribution in [3.8, 4) is 0 Å². The van der Waals surface area contributed by atoms with E-state index in [1.165, 1.54) is 12.8 Å². The van der Waals surface area contributed by atoms with Gasteiger partial charge in [-0.2, -0.15) is 0 Å². The van der Waals surface area contributed by atoms with Gasteiger partial charge >= 0.3 is 0 Å². The zero-order valence-electron chi connectivity index (χ0n) is 15.1. The van der Waals surface area contributed by atoms with Crippen molar-refractivity contribution < 1.29 is 4.79 Å². The SMILES string of the molecule is CCCNC(=O)c1cccc(CNC(=NC)N2CCC(C)CC2)c1. The van der Waals surface area contributed by atoms with Crippen molar-refractivity contribution in [3.05, 3.63) is 35.4 Å². The summed E-state index contributed by atoms with van der Waals surface area (Å²) in [6.07, 6.45) is 3.37. The molecule has 1 amide bonds. The van der Waals surface area contributed by atoms with E-state index < -0.39 is 0 Å². The van der Waals surface area contributed by atoms with Crippen LogP contribution in [0.1, 0.15) is 49.0 Å². The highest BCUT2D eigenvalue weighted by molar-refractivity contribution is 5.94. The highest BCUT2D eigenvalue weighted by Crippen LogP contribution is 2.16. The van der Waals surface area contributed by atoms with Crippen molar-refractivity contribution in [3.63, 3.8) is 0 Å². The average molecular weight is 330 g/mol. The predicted molar refractivity (Wildman–Crippen MR) is 99.2 cm³/mol. The molecule has 0 aromatic heterocycles. The van der Waals surface area contributed by atoms with Crippen molar-refractivity contribution in [2.45, 2.75) is 39.7 Å². The van der Waals surface area contributed by atoms with Gasteiger partial charge in [-0.05, 0) is 42.9 Å². The van der Waals surface area contributed by atoms with Crippen molar-refractivity contribution >= 4 is 11.9 Å². The molecule has 0 spiro atoms. The van der Waals surface area contributed by atoms with E-state index in [0.29, 0.717) is 18.7 Å². The second-order valence-electron chi connectivity index (χ2n) is 6.53. The van der Waals surface area contributed by atoms with Crippen LogP contribution in [0.4, 0.5) is 0 Å². The molecule has 0 atom stereocenters. The van der Waals surface area contributed by atoms with E-state index in [9.17, 15) is 4.79 Å². The van der Waals surface area contributed by atoms with Gasteiger partial charge in [0.25, 0.3) is 5.91 Å². The van der Waals surface area contributed by atoms with E-state index in [1.807, 2.05) is 38.2 Å². The molecule has 5 heteroatoms. The van der Waals surface area contributed by atoms with Crippen LogP contribution < -0.4 is 10.6 Å². The van der Waals surface area contributed by atoms with Crippen LogP contribution in [-0.4, -0.2) is 43.4 Å². The highest BCUT2D eigenvalue weighted by Gasteiger charge is 2.18. The standard InChI is InChI=1S/C19H30N4O/c1-4-10-21-18(24)17-7-5-6-16(13-17)14-22-19(20-3)23-11-8-15(2)9-12-23/h5-7,13,15H,4,8-12,14H2,1-3H3,(H,20,22)(H,21,24). The number of nitrogens with one attached hydrogen (secondary N) is 2. The lowest BCUT2D eigenvalue weighted by Crippen LogP contribution is -2.45. The lowest BCUT2D eigenvalue weighted by molar-refractivity contribution is 0.0953. The molecular weight excluding hydrogens is 300 g/mol. The number of piperidine rings is 1. The molecule has 5 nitrogen and oxygen atoms in total. The molecule has 0 radical (unpaired) electrons. The Bertz CT molecular complexity index is 562. The van der Waals surface area contributed by atoms with Crippen LogP contribution in [0.5, 0.6) is 0 Å². The molecule has 1 fully saturated rings. The predicted octanol–water partition coefficient (Wildman–Crippen LogP) is 2.63. The van der Waals surface area contributed by atoms with Gasteiger partial charge in [0.2, 0.25) is 0 Å². The Kier molecular flexibility index (Phi) is 7.09. The molecule has 0 aliphatic carbocycles. The van der Waals surface area contributed by atoms with Gasteiger partial charge in [-0.15, -0.1) is 0 Å². The van der Waals surface area contributed by atoms with Crippen LogP contribution >= 0.6 is 0 Å². The number of carbonyl (C=O) groups is 1. The van der Waals surface area contributed by atoms with Crippen molar-refractivity contribution in [2.24, 2.45) is 10.9 Å². The molecule has 2 rings (SSSR count). The number of likely N-dealkylation sites (tertiary alicyclic amines) is 1. The maximum absolute atomic E-state index is 12.1. The summed E-state index contributed by atoms with van der Waals surface area (Å²) >= 11 is 0. The molecule has 1 heterocycles. The van der Waals surface area contributed by atoms with Gasteiger partial charge < -0.3 is 15.5 Å². The van der Waals surface area contributed by atoms with Crippen LogP contribution in [0, 0.1) is 5.92 Å². The third kappa shape index (κ3) is 5.25. The minimum absolute atomic E-state index is 0.00639. The third-order valence-electron chi connectivity index (χ3n) is 4.47. The zero-order chi connectivity index (χ0) is 17.4. The van der Waals surface area contributed by atoms with E-state index >= 15 is 0 Å². The first kappa shape index (κ1) is 18.3. The van der Waals surface area contributed by atoms with Gasteiger partial charge in [-0.1, -0.05) is 26.0 Å². The number of rotatable bonds is 5. The number of amides is 1. The molecule has 0 bridgehead atoms. The summed E-state index contributed by atoms with van der Waals surface area (Å²) in [5, 5.41) is 6.34. The van der Waals surface area contributed by atoms with Crippen LogP contribution in [0.3, 0.4) is 0 Å². The van der Waals surface area contributed by atoms with Gasteiger partial charge in [-0.3, -0.25) is 9.79 Å². The summed E-state index contributed by atoms with van der Waals surface area (Å²) in [5.41, 5.74) is 1.80. The topological polar surface area (TPSA) is 56.7 Å². The lowest BCUT2D eigenvalue weighted by Gasteiger charge is -2.32. The van der Waals surface area contributed by atoms with Gasteiger partial charge in [0.05, 0.1) is 0 Å². The lowest BCUT2D eigenvalue weighted by atomic mass is 9.99. The fraction of sp³-hybridized carbons (Fsp3) is 0.579. The number of benzene rings is 1. The van der Waals surface area contributed by atoms with Gasteiger partial charge in [-0.25, -0.2) is 0 Å². The minimum Gasteiger partial charge on any atom is -0.352 e. The second kappa shape index (κ2) is 9.30. The Labute approximate surface area is 145 Å². The maximum atomic E-state index is 12.1. The minimum atomic E-state index is -0.00639. The first-order chi connectivity index (χ1) is 11.6. The summed E-state index contributed by atoms with van der Waals surface area (Å²) in [4.78, 5) is 18.8. The van der Waals surface area contributed by atoms with Crippen LogP contribution in [-0.2, 0) is 6.54 Å². The quantitative estimate of drug-likeness (QED) is 0.644. The van der Waals surface area contributed by atoms with E-state index in [2.05, 4.69) is 27.4 Å². The third-order valence-corrected chi connectivity index (χ3v) is 4.47. The Balaban J connectivity index is 1.92. The van der Waals surface area contributed by atoms with Crippen LogP contribution in [0.2, 0.25) is 0 Å². The normalized spacial score (nSPS) is 16.1. The molecule has 1 saturated heterocycles. The fourth-order valence-corrected chi connectivity index (χ4v) is 2.90. The Morgan fingerprint density at radius 2 is 2.04 bits per heavy atom. The zero-order valence-corrected chi connectivity index (χ0v) is 15.1. The fourth-order valence-electron chi connectivity index (χ4n) is 2.90. The molecule has 1 aliphatic heterocycles. The summed E-state index contributed by atoms with van der Waals surface area (Å²) in [5.74, 6) is 1.74. The van der Waals surface area contributed by atoms with E-state index in [0.717, 1.165) is 37.0 Å². The largest absolute Gasteiger partial charge is 0.352 e. The highest BCUT2D eigenvalue weighted by atomic mass is 16.1. The Morgan fingerprint density at radius 1 is 1.29 bits per heavy atom. The molecule has 24 heavy (non-hydrogen) atoms. The smallest absolute Gasteiger partial charge is 0.251 e. The van der Waals surface area contributed by atoms with Crippen molar-refractivity contribution in [2.75, 3.05) is 26.7 Å². The number of guanidine groups is 1. The Hall–Kier alpha value is -2.04. The van der Waals surface area contributed by atoms with E-state index in [1.54, 1.807) is 0 Å². The number of hydrogen-bond donors (Lipinski definition) is 2. The van der Waals surface area contributed by atoms with E-state index in [-0.39, 0.29) is 5.91 Å². The van der Waals surface area contributed by atoms with E-state index in [4.69, 9.17) is 0 Å². The molecule has 2 N–H and O–H groups in total. The summed E-state index contributed by atoms with van der Waals surface area (Å²) < 4.78 is 0. The number of hydrogen-bond acceptors (Lipinski definition) is 2. The molecule has 0 saturated carbocycles. The molecular formula is C19H30N4O. The first-order valence-electron chi connectivity index (χ1n) is 8.96. The maximum Gasteiger partial charge on any atom is 0.251 e.